The van der Waals surface area contributed by atoms with Crippen molar-refractivity contribution >= 4 is 5.78 Å². The zero-order valence-electron chi connectivity index (χ0n) is 12.6. The van der Waals surface area contributed by atoms with Gasteiger partial charge in [0.25, 0.3) is 0 Å². The highest BCUT2D eigenvalue weighted by molar-refractivity contribution is 6.10. The zero-order chi connectivity index (χ0) is 15.6. The van der Waals surface area contributed by atoms with E-state index in [0.29, 0.717) is 11.1 Å². The third-order valence-electron chi connectivity index (χ3n) is 4.01. The summed E-state index contributed by atoms with van der Waals surface area (Å²) in [5.74, 6) is -0.428. The fourth-order valence-corrected chi connectivity index (χ4v) is 2.24. The highest BCUT2D eigenvalue weighted by Crippen LogP contribution is 2.38. The maximum absolute atomic E-state index is 12.5. The Morgan fingerprint density at radius 2 is 1.67 bits per heavy atom. The first kappa shape index (κ1) is 15.1. The monoisotopic (exact) mass is 284 g/mol. The van der Waals surface area contributed by atoms with Crippen LogP contribution in [0.5, 0.6) is 11.5 Å². The van der Waals surface area contributed by atoms with Gasteiger partial charge in [0.1, 0.15) is 11.5 Å². The van der Waals surface area contributed by atoms with Crippen LogP contribution in [-0.4, -0.2) is 16.0 Å². The molecule has 0 fully saturated rings. The van der Waals surface area contributed by atoms with E-state index in [1.807, 2.05) is 26.8 Å². The van der Waals surface area contributed by atoms with Gasteiger partial charge in [-0.2, -0.15) is 0 Å². The van der Waals surface area contributed by atoms with Gasteiger partial charge >= 0.3 is 0 Å². The fraction of sp³-hybridized carbons (Fsp3) is 0.278. The van der Waals surface area contributed by atoms with E-state index >= 15 is 0 Å². The Bertz CT molecular complexity index is 658. The van der Waals surface area contributed by atoms with Crippen LogP contribution in [0.1, 0.15) is 48.7 Å². The predicted molar refractivity (Wildman–Crippen MR) is 83.0 cm³/mol. The summed E-state index contributed by atoms with van der Waals surface area (Å²) in [5.41, 5.74) is 1.13. The standard InChI is InChI=1S/C18H20O3/c1-4-18(2,3)14-10-13(15(19)11-16(14)20)17(21)12-8-6-5-7-9-12/h5-11,19-20H,4H2,1-3H3. The largest absolute Gasteiger partial charge is 0.508 e. The van der Waals surface area contributed by atoms with E-state index in [1.165, 1.54) is 6.07 Å². The summed E-state index contributed by atoms with van der Waals surface area (Å²) in [6.07, 6.45) is 0.810. The Labute approximate surface area is 124 Å². The number of carbonyl (C=O) groups is 1. The van der Waals surface area contributed by atoms with E-state index in [0.717, 1.165) is 6.42 Å². The molecule has 0 aliphatic heterocycles. The second kappa shape index (κ2) is 5.60. The minimum Gasteiger partial charge on any atom is -0.508 e. The molecule has 0 bridgehead atoms. The lowest BCUT2D eigenvalue weighted by molar-refractivity contribution is 0.103. The number of phenolic OH excluding ortho intramolecular Hbond substituents is 2. The third kappa shape index (κ3) is 2.92. The molecule has 0 unspecified atom stereocenters. The minimum atomic E-state index is -0.274. The first-order chi connectivity index (χ1) is 9.86. The summed E-state index contributed by atoms with van der Waals surface area (Å²) in [5, 5.41) is 20.1. The van der Waals surface area contributed by atoms with Gasteiger partial charge in [-0.05, 0) is 17.9 Å². The Morgan fingerprint density at radius 3 is 2.24 bits per heavy atom. The molecule has 110 valence electrons. The van der Waals surface area contributed by atoms with Gasteiger partial charge in [0.2, 0.25) is 0 Å². The molecule has 0 aliphatic carbocycles. The lowest BCUT2D eigenvalue weighted by Gasteiger charge is -2.25. The van der Waals surface area contributed by atoms with Crippen LogP contribution < -0.4 is 0 Å². The number of benzene rings is 2. The fourth-order valence-electron chi connectivity index (χ4n) is 2.24. The van der Waals surface area contributed by atoms with Crippen LogP contribution in [0.2, 0.25) is 0 Å². The molecule has 0 amide bonds. The molecule has 0 heterocycles. The van der Waals surface area contributed by atoms with E-state index in [9.17, 15) is 15.0 Å². The third-order valence-corrected chi connectivity index (χ3v) is 4.01. The summed E-state index contributed by atoms with van der Waals surface area (Å²) in [6.45, 7) is 6.01. The van der Waals surface area contributed by atoms with Crippen LogP contribution in [0, 0.1) is 0 Å². The van der Waals surface area contributed by atoms with Gasteiger partial charge in [-0.15, -0.1) is 0 Å². The molecule has 2 N–H and O–H groups in total. The van der Waals surface area contributed by atoms with E-state index in [1.54, 1.807) is 30.3 Å². The highest BCUT2D eigenvalue weighted by atomic mass is 16.3. The van der Waals surface area contributed by atoms with Gasteiger partial charge in [-0.3, -0.25) is 4.79 Å². The smallest absolute Gasteiger partial charge is 0.196 e. The molecule has 3 heteroatoms. The lowest BCUT2D eigenvalue weighted by atomic mass is 9.80. The number of ketones is 1. The summed E-state index contributed by atoms with van der Waals surface area (Å²) in [6, 6.07) is 11.7. The Morgan fingerprint density at radius 1 is 1.05 bits per heavy atom. The van der Waals surface area contributed by atoms with E-state index in [-0.39, 0.29) is 28.3 Å². The van der Waals surface area contributed by atoms with Crippen molar-refractivity contribution in [3.05, 3.63) is 59.2 Å². The first-order valence-electron chi connectivity index (χ1n) is 7.03. The molecule has 0 saturated heterocycles. The molecule has 0 atom stereocenters. The van der Waals surface area contributed by atoms with E-state index in [2.05, 4.69) is 0 Å². The van der Waals surface area contributed by atoms with Crippen LogP contribution in [0.3, 0.4) is 0 Å². The molecule has 3 nitrogen and oxygen atoms in total. The lowest BCUT2D eigenvalue weighted by Crippen LogP contribution is -2.17. The van der Waals surface area contributed by atoms with Crippen molar-refractivity contribution in [1.82, 2.24) is 0 Å². The average Bonchev–Trinajstić information content (AvgIpc) is 2.47. The second-order valence-electron chi connectivity index (χ2n) is 5.82. The quantitative estimate of drug-likeness (QED) is 0.834. The second-order valence-corrected chi connectivity index (χ2v) is 5.82. The van der Waals surface area contributed by atoms with Gasteiger partial charge < -0.3 is 10.2 Å². The van der Waals surface area contributed by atoms with Crippen LogP contribution in [-0.2, 0) is 5.41 Å². The molecule has 0 spiro atoms. The van der Waals surface area contributed by atoms with Crippen LogP contribution in [0.4, 0.5) is 0 Å². The molecule has 2 aromatic rings. The molecular formula is C18H20O3. The molecule has 2 aromatic carbocycles. The van der Waals surface area contributed by atoms with Crippen molar-refractivity contribution in [2.75, 3.05) is 0 Å². The number of phenols is 2. The molecule has 21 heavy (non-hydrogen) atoms. The number of rotatable bonds is 4. The van der Waals surface area contributed by atoms with Gasteiger partial charge in [0, 0.05) is 17.2 Å². The minimum absolute atomic E-state index is 0.0176. The number of aromatic hydroxyl groups is 2. The van der Waals surface area contributed by atoms with Crippen LogP contribution in [0.15, 0.2) is 42.5 Å². The van der Waals surface area contributed by atoms with Crippen molar-refractivity contribution < 1.29 is 15.0 Å². The van der Waals surface area contributed by atoms with Crippen molar-refractivity contribution in [2.45, 2.75) is 32.6 Å². The molecule has 0 aliphatic rings. The Balaban J connectivity index is 2.55. The summed E-state index contributed by atoms with van der Waals surface area (Å²) in [4.78, 5) is 12.5. The number of hydrogen-bond acceptors (Lipinski definition) is 3. The SMILES string of the molecule is CCC(C)(C)c1cc(C(=O)c2ccccc2)c(O)cc1O. The van der Waals surface area contributed by atoms with Crippen molar-refractivity contribution in [2.24, 2.45) is 0 Å². The zero-order valence-corrected chi connectivity index (χ0v) is 12.6. The molecular weight excluding hydrogens is 264 g/mol. The molecule has 0 aromatic heterocycles. The average molecular weight is 284 g/mol. The van der Waals surface area contributed by atoms with Crippen molar-refractivity contribution in [3.63, 3.8) is 0 Å². The van der Waals surface area contributed by atoms with Gasteiger partial charge in [-0.25, -0.2) is 0 Å². The summed E-state index contributed by atoms with van der Waals surface area (Å²) < 4.78 is 0. The van der Waals surface area contributed by atoms with Gasteiger partial charge in [-0.1, -0.05) is 51.1 Å². The highest BCUT2D eigenvalue weighted by Gasteiger charge is 2.25. The molecule has 0 saturated carbocycles. The van der Waals surface area contributed by atoms with Gasteiger partial charge in [0.05, 0.1) is 5.56 Å². The van der Waals surface area contributed by atoms with Crippen molar-refractivity contribution in [3.8, 4) is 11.5 Å². The van der Waals surface area contributed by atoms with E-state index in [4.69, 9.17) is 0 Å². The molecule has 0 radical (unpaired) electrons. The maximum atomic E-state index is 12.5. The summed E-state index contributed by atoms with van der Waals surface area (Å²) >= 11 is 0. The summed E-state index contributed by atoms with van der Waals surface area (Å²) in [7, 11) is 0. The van der Waals surface area contributed by atoms with Crippen LogP contribution in [0.25, 0.3) is 0 Å². The van der Waals surface area contributed by atoms with Gasteiger partial charge in [0.15, 0.2) is 5.78 Å². The normalized spacial score (nSPS) is 11.4. The molecule has 2 rings (SSSR count). The topological polar surface area (TPSA) is 57.5 Å². The van der Waals surface area contributed by atoms with E-state index < -0.39 is 0 Å². The number of carbonyl (C=O) groups excluding carboxylic acids is 1. The Kier molecular flexibility index (Phi) is 4.03. The van der Waals surface area contributed by atoms with Crippen molar-refractivity contribution in [1.29, 1.82) is 0 Å². The first-order valence-corrected chi connectivity index (χ1v) is 7.03. The number of hydrogen-bond donors (Lipinski definition) is 2. The maximum Gasteiger partial charge on any atom is 0.196 e. The predicted octanol–water partition coefficient (Wildman–Crippen LogP) is 4.02. The van der Waals surface area contributed by atoms with Crippen LogP contribution >= 0.6 is 0 Å². The Hall–Kier alpha value is -2.29.